The number of nitrogens with zero attached hydrogens (tertiary/aromatic N) is 1. The van der Waals surface area contributed by atoms with E-state index in [1.165, 1.54) is 40.7 Å². The Labute approximate surface area is 197 Å². The molecule has 0 unspecified atom stereocenters. The van der Waals surface area contributed by atoms with Gasteiger partial charge in [-0.15, -0.1) is 0 Å². The molecule has 1 amide bonds. The third kappa shape index (κ3) is 8.22. The van der Waals surface area contributed by atoms with Crippen molar-refractivity contribution in [2.75, 3.05) is 25.0 Å². The highest BCUT2D eigenvalue weighted by Gasteiger charge is 2.23. The fraction of sp³-hybridized carbons (Fsp3) is 0.435. The highest BCUT2D eigenvalue weighted by atomic mass is 32.2. The molecule has 0 saturated carbocycles. The molecule has 0 aliphatic carbocycles. The highest BCUT2D eigenvalue weighted by molar-refractivity contribution is 7.89. The lowest BCUT2D eigenvalue weighted by Crippen LogP contribution is -2.33. The molecule has 2 aromatic rings. The number of hydrogen-bond donors (Lipinski definition) is 2. The largest absolute Gasteiger partial charge is 0.326 e. The van der Waals surface area contributed by atoms with Crippen molar-refractivity contribution in [3.05, 3.63) is 54.6 Å². The second-order valence-electron chi connectivity index (χ2n) is 7.64. The van der Waals surface area contributed by atoms with Crippen LogP contribution in [-0.2, 0) is 24.8 Å². The predicted molar refractivity (Wildman–Crippen MR) is 130 cm³/mol. The second-order valence-corrected chi connectivity index (χ2v) is 11.3. The maximum absolute atomic E-state index is 13.0. The zero-order valence-electron chi connectivity index (χ0n) is 19.2. The fourth-order valence-electron chi connectivity index (χ4n) is 3.09. The summed E-state index contributed by atoms with van der Waals surface area (Å²) in [4.78, 5) is 12.5. The van der Waals surface area contributed by atoms with E-state index in [1.807, 2.05) is 13.8 Å². The van der Waals surface area contributed by atoms with E-state index in [4.69, 9.17) is 0 Å². The standard InChI is InChI=1S/C23H33N3O5S2/c1-3-5-18-26(19-6-4-2)33(30,31)22-14-12-20(13-15-22)25-23(27)16-17-24-32(28,29)21-10-8-7-9-11-21/h7-15,24H,3-6,16-19H2,1-2H3,(H,25,27). The molecule has 0 bridgehead atoms. The summed E-state index contributed by atoms with van der Waals surface area (Å²) in [6, 6.07) is 14.0. The van der Waals surface area contributed by atoms with Crippen molar-refractivity contribution in [3.63, 3.8) is 0 Å². The van der Waals surface area contributed by atoms with Gasteiger partial charge in [0.1, 0.15) is 0 Å². The average Bonchev–Trinajstić information content (AvgIpc) is 2.80. The molecule has 182 valence electrons. The number of nitrogens with one attached hydrogen (secondary N) is 2. The Kier molecular flexibility index (Phi) is 10.5. The molecule has 2 rings (SSSR count). The number of sulfonamides is 2. The topological polar surface area (TPSA) is 113 Å². The molecular weight excluding hydrogens is 462 g/mol. The number of rotatable bonds is 14. The minimum Gasteiger partial charge on any atom is -0.326 e. The van der Waals surface area contributed by atoms with Crippen LogP contribution in [-0.4, -0.2) is 46.7 Å². The summed E-state index contributed by atoms with van der Waals surface area (Å²) >= 11 is 0. The van der Waals surface area contributed by atoms with Crippen LogP contribution in [0.15, 0.2) is 64.4 Å². The quantitative estimate of drug-likeness (QED) is 0.416. The van der Waals surface area contributed by atoms with Gasteiger partial charge in [-0.3, -0.25) is 4.79 Å². The first kappa shape index (κ1) is 27.0. The van der Waals surface area contributed by atoms with Gasteiger partial charge in [-0.1, -0.05) is 44.9 Å². The third-order valence-electron chi connectivity index (χ3n) is 5.00. The Morgan fingerprint density at radius 3 is 1.94 bits per heavy atom. The maximum atomic E-state index is 13.0. The van der Waals surface area contributed by atoms with Crippen LogP contribution in [0.1, 0.15) is 46.0 Å². The smallest absolute Gasteiger partial charge is 0.243 e. The first-order valence-corrected chi connectivity index (χ1v) is 14.1. The van der Waals surface area contributed by atoms with Gasteiger partial charge in [0.05, 0.1) is 9.79 Å². The second kappa shape index (κ2) is 12.8. The average molecular weight is 496 g/mol. The van der Waals surface area contributed by atoms with Gasteiger partial charge in [0.25, 0.3) is 0 Å². The summed E-state index contributed by atoms with van der Waals surface area (Å²) in [6.45, 7) is 4.95. The van der Waals surface area contributed by atoms with E-state index in [2.05, 4.69) is 10.0 Å². The molecule has 0 radical (unpaired) electrons. The Morgan fingerprint density at radius 2 is 1.39 bits per heavy atom. The van der Waals surface area contributed by atoms with Crippen LogP contribution in [0, 0.1) is 0 Å². The van der Waals surface area contributed by atoms with Gasteiger partial charge >= 0.3 is 0 Å². The molecule has 0 spiro atoms. The molecule has 0 atom stereocenters. The molecule has 10 heteroatoms. The summed E-state index contributed by atoms with van der Waals surface area (Å²) in [5.74, 6) is -0.381. The molecular formula is C23H33N3O5S2. The number of benzene rings is 2. The van der Waals surface area contributed by atoms with E-state index in [0.717, 1.165) is 25.7 Å². The first-order chi connectivity index (χ1) is 15.7. The van der Waals surface area contributed by atoms with Crippen LogP contribution in [0.5, 0.6) is 0 Å². The Bertz CT molecular complexity index is 1080. The molecule has 0 aliphatic rings. The summed E-state index contributed by atoms with van der Waals surface area (Å²) in [5, 5.41) is 2.66. The Hall–Kier alpha value is -2.27. The van der Waals surface area contributed by atoms with Gasteiger partial charge in [0, 0.05) is 31.7 Å². The van der Waals surface area contributed by atoms with Crippen LogP contribution in [0.25, 0.3) is 0 Å². The van der Waals surface area contributed by atoms with Crippen LogP contribution in [0.3, 0.4) is 0 Å². The summed E-state index contributed by atoms with van der Waals surface area (Å²) in [7, 11) is -7.28. The van der Waals surface area contributed by atoms with Crippen LogP contribution in [0.4, 0.5) is 5.69 Å². The zero-order chi connectivity index (χ0) is 24.3. The lowest BCUT2D eigenvalue weighted by atomic mass is 10.3. The van der Waals surface area contributed by atoms with Crippen LogP contribution < -0.4 is 10.0 Å². The molecule has 2 N–H and O–H groups in total. The molecule has 0 saturated heterocycles. The minimum absolute atomic E-state index is 0.0562. The molecule has 0 heterocycles. The minimum atomic E-state index is -3.67. The monoisotopic (exact) mass is 495 g/mol. The fourth-order valence-corrected chi connectivity index (χ4v) is 5.66. The highest BCUT2D eigenvalue weighted by Crippen LogP contribution is 2.20. The number of hydrogen-bond acceptors (Lipinski definition) is 5. The predicted octanol–water partition coefficient (Wildman–Crippen LogP) is 3.58. The summed E-state index contributed by atoms with van der Waals surface area (Å²) < 4.78 is 54.3. The molecule has 2 aromatic carbocycles. The van der Waals surface area contributed by atoms with Gasteiger partial charge in [0.15, 0.2) is 0 Å². The van der Waals surface area contributed by atoms with Gasteiger partial charge < -0.3 is 5.32 Å². The van der Waals surface area contributed by atoms with Crippen molar-refractivity contribution >= 4 is 31.6 Å². The lowest BCUT2D eigenvalue weighted by molar-refractivity contribution is -0.116. The number of carbonyl (C=O) groups is 1. The van der Waals surface area contributed by atoms with Gasteiger partial charge in [-0.25, -0.2) is 21.6 Å². The molecule has 0 fully saturated rings. The van der Waals surface area contributed by atoms with Crippen molar-refractivity contribution < 1.29 is 21.6 Å². The van der Waals surface area contributed by atoms with Crippen molar-refractivity contribution in [1.29, 1.82) is 0 Å². The van der Waals surface area contributed by atoms with Crippen molar-refractivity contribution in [2.24, 2.45) is 0 Å². The van der Waals surface area contributed by atoms with E-state index in [-0.39, 0.29) is 28.7 Å². The molecule has 33 heavy (non-hydrogen) atoms. The van der Waals surface area contributed by atoms with Crippen molar-refractivity contribution in [2.45, 2.75) is 55.7 Å². The number of unbranched alkanes of at least 4 members (excludes halogenated alkanes) is 2. The van der Waals surface area contributed by atoms with E-state index < -0.39 is 20.0 Å². The summed E-state index contributed by atoms with van der Waals surface area (Å²) in [6.07, 6.45) is 3.35. The van der Waals surface area contributed by atoms with Gasteiger partial charge in [0.2, 0.25) is 26.0 Å². The SMILES string of the molecule is CCCCN(CCCC)S(=O)(=O)c1ccc(NC(=O)CCNS(=O)(=O)c2ccccc2)cc1. The van der Waals surface area contributed by atoms with E-state index in [1.54, 1.807) is 18.2 Å². The first-order valence-electron chi connectivity index (χ1n) is 11.2. The number of carbonyl (C=O) groups excluding carboxylic acids is 1. The number of anilines is 1. The molecule has 8 nitrogen and oxygen atoms in total. The van der Waals surface area contributed by atoms with E-state index in [0.29, 0.717) is 18.8 Å². The summed E-state index contributed by atoms with van der Waals surface area (Å²) in [5.41, 5.74) is 0.443. The lowest BCUT2D eigenvalue weighted by Gasteiger charge is -2.22. The van der Waals surface area contributed by atoms with Crippen molar-refractivity contribution in [3.8, 4) is 0 Å². The van der Waals surface area contributed by atoms with Gasteiger partial charge in [-0.2, -0.15) is 4.31 Å². The molecule has 0 aromatic heterocycles. The molecule has 0 aliphatic heterocycles. The van der Waals surface area contributed by atoms with Crippen LogP contribution >= 0.6 is 0 Å². The van der Waals surface area contributed by atoms with E-state index in [9.17, 15) is 21.6 Å². The normalized spacial score (nSPS) is 12.1. The van der Waals surface area contributed by atoms with Gasteiger partial charge in [-0.05, 0) is 49.2 Å². The number of amides is 1. The third-order valence-corrected chi connectivity index (χ3v) is 8.39. The Balaban J connectivity index is 1.94. The van der Waals surface area contributed by atoms with E-state index >= 15 is 0 Å². The Morgan fingerprint density at radius 1 is 0.818 bits per heavy atom. The van der Waals surface area contributed by atoms with Crippen molar-refractivity contribution in [1.82, 2.24) is 9.03 Å². The van der Waals surface area contributed by atoms with Crippen LogP contribution in [0.2, 0.25) is 0 Å². The zero-order valence-corrected chi connectivity index (χ0v) is 20.8. The maximum Gasteiger partial charge on any atom is 0.243 e.